The minimum absolute atomic E-state index is 0.0401. The number of hydrogen-bond acceptors (Lipinski definition) is 4. The maximum absolute atomic E-state index is 13.7. The molecule has 0 spiro atoms. The molecule has 3 rings (SSSR count). The lowest BCUT2D eigenvalue weighted by Crippen LogP contribution is -2.29. The zero-order chi connectivity index (χ0) is 19.6. The van der Waals surface area contributed by atoms with Gasteiger partial charge in [-0.3, -0.25) is 0 Å². The van der Waals surface area contributed by atoms with Gasteiger partial charge in [-0.1, -0.05) is 34.1 Å². The van der Waals surface area contributed by atoms with Crippen molar-refractivity contribution in [1.29, 1.82) is 0 Å². The van der Waals surface area contributed by atoms with E-state index in [1.165, 1.54) is 6.07 Å². The van der Waals surface area contributed by atoms with Crippen LogP contribution in [0.2, 0.25) is 0 Å². The van der Waals surface area contributed by atoms with E-state index in [9.17, 15) is 18.0 Å². The zero-order valence-corrected chi connectivity index (χ0v) is 16.5. The van der Waals surface area contributed by atoms with E-state index >= 15 is 0 Å². The van der Waals surface area contributed by atoms with E-state index in [1.54, 1.807) is 43.3 Å². The summed E-state index contributed by atoms with van der Waals surface area (Å²) >= 11 is 4.46. The molecule has 0 amide bonds. The van der Waals surface area contributed by atoms with E-state index in [2.05, 4.69) is 15.9 Å². The van der Waals surface area contributed by atoms with Crippen LogP contribution in [-0.4, -0.2) is 18.8 Å². The molecule has 2 aromatic rings. The normalized spacial score (nSPS) is 16.6. The Labute approximate surface area is 166 Å². The third-order valence-electron chi connectivity index (χ3n) is 3.72. The van der Waals surface area contributed by atoms with Crippen molar-refractivity contribution in [3.8, 4) is 5.75 Å². The van der Waals surface area contributed by atoms with Crippen LogP contribution < -0.4 is 4.74 Å². The number of esters is 1. The monoisotopic (exact) mass is 458 g/mol. The highest BCUT2D eigenvalue weighted by atomic mass is 79.9. The Hall–Kier alpha value is -1.93. The molecule has 0 saturated heterocycles. The first-order valence-electron chi connectivity index (χ1n) is 7.98. The van der Waals surface area contributed by atoms with Gasteiger partial charge >= 0.3 is 12.1 Å². The summed E-state index contributed by atoms with van der Waals surface area (Å²) in [5, 5.41) is -0.927. The smallest absolute Gasteiger partial charge is 0.450 e. The number of rotatable bonds is 4. The SMILES string of the molecule is CCOC(=O)C1=C(C(F)(F)F)Oc2ccc(Br)cc2C1Sc1ccccc1. The van der Waals surface area contributed by atoms with Crippen LogP contribution in [0.3, 0.4) is 0 Å². The van der Waals surface area contributed by atoms with Gasteiger partial charge in [0.15, 0.2) is 0 Å². The minimum atomic E-state index is -4.83. The topological polar surface area (TPSA) is 35.5 Å². The summed E-state index contributed by atoms with van der Waals surface area (Å²) in [6, 6.07) is 13.6. The maximum atomic E-state index is 13.7. The fraction of sp³-hybridized carbons (Fsp3) is 0.211. The molecule has 0 saturated carbocycles. The number of fused-ring (bicyclic) bond motifs is 1. The van der Waals surface area contributed by atoms with E-state index in [0.717, 1.165) is 16.7 Å². The molecule has 8 heteroatoms. The van der Waals surface area contributed by atoms with E-state index in [0.29, 0.717) is 10.0 Å². The van der Waals surface area contributed by atoms with Crippen LogP contribution in [0.1, 0.15) is 17.7 Å². The first-order valence-corrected chi connectivity index (χ1v) is 9.66. The van der Waals surface area contributed by atoms with Crippen molar-refractivity contribution >= 4 is 33.7 Å². The summed E-state index contributed by atoms with van der Waals surface area (Å²) in [5.41, 5.74) is -0.0712. The summed E-state index contributed by atoms with van der Waals surface area (Å²) in [5.74, 6) is -2.31. The molecule has 1 unspecified atom stereocenters. The number of carbonyl (C=O) groups is 1. The Balaban J connectivity index is 2.19. The number of thioether (sulfide) groups is 1. The summed E-state index contributed by atoms with van der Waals surface area (Å²) in [4.78, 5) is 13.2. The number of allylic oxidation sites excluding steroid dienone is 1. The molecule has 0 N–H and O–H groups in total. The van der Waals surface area contributed by atoms with Crippen LogP contribution in [0.4, 0.5) is 13.2 Å². The van der Waals surface area contributed by atoms with Gasteiger partial charge in [0.1, 0.15) is 11.3 Å². The van der Waals surface area contributed by atoms with E-state index in [-0.39, 0.29) is 12.4 Å². The van der Waals surface area contributed by atoms with E-state index in [1.807, 2.05) is 6.07 Å². The third-order valence-corrected chi connectivity index (χ3v) is 5.49. The second kappa shape index (κ2) is 7.98. The molecular weight excluding hydrogens is 445 g/mol. The van der Waals surface area contributed by atoms with Gasteiger partial charge in [0.2, 0.25) is 5.76 Å². The summed E-state index contributed by atoms with van der Waals surface area (Å²) in [7, 11) is 0. The van der Waals surface area contributed by atoms with E-state index < -0.39 is 28.7 Å². The molecule has 1 aliphatic rings. The van der Waals surface area contributed by atoms with Gasteiger partial charge in [-0.05, 0) is 37.3 Å². The molecule has 2 aromatic carbocycles. The molecule has 142 valence electrons. The molecule has 0 aromatic heterocycles. The van der Waals surface area contributed by atoms with Gasteiger partial charge in [-0.2, -0.15) is 13.2 Å². The minimum Gasteiger partial charge on any atom is -0.462 e. The van der Waals surface area contributed by atoms with Gasteiger partial charge < -0.3 is 9.47 Å². The quantitative estimate of drug-likeness (QED) is 0.522. The lowest BCUT2D eigenvalue weighted by molar-refractivity contribution is -0.142. The van der Waals surface area contributed by atoms with Crippen LogP contribution in [0, 0.1) is 0 Å². The molecule has 0 radical (unpaired) electrons. The van der Waals surface area contributed by atoms with Crippen molar-refractivity contribution in [3.05, 3.63) is 69.9 Å². The molecule has 0 aliphatic carbocycles. The standard InChI is InChI=1S/C19H14BrF3O3S/c1-2-25-18(24)15-16(27-12-6-4-3-5-7-12)13-10-11(20)8-9-14(13)26-17(15)19(21,22)23/h3-10,16H,2H2,1H3. The number of ether oxygens (including phenoxy) is 2. The number of alkyl halides is 3. The van der Waals surface area contributed by atoms with Gasteiger partial charge in [-0.25, -0.2) is 4.79 Å². The predicted octanol–water partition coefficient (Wildman–Crippen LogP) is 6.05. The van der Waals surface area contributed by atoms with Gasteiger partial charge in [-0.15, -0.1) is 11.8 Å². The second-order valence-corrected chi connectivity index (χ2v) is 7.65. The molecule has 0 fully saturated rings. The van der Waals surface area contributed by atoms with Gasteiger partial charge in [0, 0.05) is 14.9 Å². The summed E-state index contributed by atoms with van der Waals surface area (Å²) in [6.07, 6.45) is -4.83. The Morgan fingerprint density at radius 3 is 2.56 bits per heavy atom. The molecule has 1 atom stereocenters. The van der Waals surface area contributed by atoms with Gasteiger partial charge in [0.25, 0.3) is 0 Å². The van der Waals surface area contributed by atoms with Gasteiger partial charge in [0.05, 0.1) is 11.9 Å². The molecular formula is C19H14BrF3O3S. The molecule has 27 heavy (non-hydrogen) atoms. The lowest BCUT2D eigenvalue weighted by Gasteiger charge is -2.30. The van der Waals surface area contributed by atoms with Crippen molar-refractivity contribution in [2.75, 3.05) is 6.61 Å². The molecule has 0 bridgehead atoms. The Morgan fingerprint density at radius 2 is 1.93 bits per heavy atom. The highest BCUT2D eigenvalue weighted by Gasteiger charge is 2.47. The summed E-state index contributed by atoms with van der Waals surface area (Å²) in [6.45, 7) is 1.50. The van der Waals surface area contributed by atoms with Crippen LogP contribution in [0.25, 0.3) is 0 Å². The lowest BCUT2D eigenvalue weighted by atomic mass is 9.99. The van der Waals surface area contributed by atoms with Crippen molar-refractivity contribution in [2.24, 2.45) is 0 Å². The molecule has 1 heterocycles. The fourth-order valence-corrected chi connectivity index (χ4v) is 4.23. The Bertz CT molecular complexity index is 882. The average Bonchev–Trinajstić information content (AvgIpc) is 2.62. The average molecular weight is 459 g/mol. The fourth-order valence-electron chi connectivity index (χ4n) is 2.63. The first-order chi connectivity index (χ1) is 12.8. The zero-order valence-electron chi connectivity index (χ0n) is 14.0. The Morgan fingerprint density at radius 1 is 1.22 bits per heavy atom. The first kappa shape index (κ1) is 19.8. The number of benzene rings is 2. The van der Waals surface area contributed by atoms with Crippen molar-refractivity contribution < 1.29 is 27.4 Å². The van der Waals surface area contributed by atoms with Crippen LogP contribution in [0.5, 0.6) is 5.75 Å². The maximum Gasteiger partial charge on any atom is 0.450 e. The predicted molar refractivity (Wildman–Crippen MR) is 99.5 cm³/mol. The number of hydrogen-bond donors (Lipinski definition) is 0. The van der Waals surface area contributed by atoms with Crippen LogP contribution >= 0.6 is 27.7 Å². The Kier molecular flexibility index (Phi) is 5.86. The largest absolute Gasteiger partial charge is 0.462 e. The molecule has 1 aliphatic heterocycles. The molecule has 3 nitrogen and oxygen atoms in total. The number of carbonyl (C=O) groups excluding carboxylic acids is 1. The number of halogens is 4. The van der Waals surface area contributed by atoms with Crippen LogP contribution in [-0.2, 0) is 9.53 Å². The third kappa shape index (κ3) is 4.32. The summed E-state index contributed by atoms with van der Waals surface area (Å²) < 4.78 is 51.7. The highest BCUT2D eigenvalue weighted by Crippen LogP contribution is 2.51. The van der Waals surface area contributed by atoms with Crippen molar-refractivity contribution in [3.63, 3.8) is 0 Å². The highest BCUT2D eigenvalue weighted by molar-refractivity contribution is 9.10. The van der Waals surface area contributed by atoms with Crippen molar-refractivity contribution in [1.82, 2.24) is 0 Å². The van der Waals surface area contributed by atoms with Crippen LogP contribution in [0.15, 0.2) is 69.2 Å². The van der Waals surface area contributed by atoms with Crippen molar-refractivity contribution in [2.45, 2.75) is 23.2 Å². The second-order valence-electron chi connectivity index (χ2n) is 5.56. The van der Waals surface area contributed by atoms with E-state index in [4.69, 9.17) is 9.47 Å².